The number of fused-ring (bicyclic) bond motifs is 1. The Bertz CT molecular complexity index is 626. The van der Waals surface area contributed by atoms with Crippen LogP contribution >= 0.6 is 0 Å². The lowest BCUT2D eigenvalue weighted by Crippen LogP contribution is -2.53. The summed E-state index contributed by atoms with van der Waals surface area (Å²) in [6, 6.07) is 8.50. The Morgan fingerprint density at radius 3 is 2.42 bits per heavy atom. The summed E-state index contributed by atoms with van der Waals surface area (Å²) in [5.74, 6) is 0.290. The lowest BCUT2D eigenvalue weighted by Gasteiger charge is -2.36. The van der Waals surface area contributed by atoms with E-state index < -0.39 is 0 Å². The van der Waals surface area contributed by atoms with Gasteiger partial charge in [0.25, 0.3) is 0 Å². The van der Waals surface area contributed by atoms with Gasteiger partial charge in [0.15, 0.2) is 0 Å². The maximum Gasteiger partial charge on any atom is 0.236 e. The molecule has 1 aromatic carbocycles. The minimum atomic E-state index is 0.0820. The molecule has 2 aliphatic rings. The SMILES string of the molecule is CCCNC(=O)CN1CCN(C(=O)CN2CCc3ccccc3C2)CC1. The number of rotatable bonds is 6. The van der Waals surface area contributed by atoms with Crippen LogP contribution in [0, 0.1) is 0 Å². The van der Waals surface area contributed by atoms with Crippen molar-refractivity contribution in [2.24, 2.45) is 0 Å². The van der Waals surface area contributed by atoms with Crippen LogP contribution < -0.4 is 5.32 Å². The van der Waals surface area contributed by atoms with Gasteiger partial charge < -0.3 is 10.2 Å². The van der Waals surface area contributed by atoms with Crippen molar-refractivity contribution in [2.75, 3.05) is 52.4 Å². The molecule has 0 spiro atoms. The largest absolute Gasteiger partial charge is 0.355 e. The first-order valence-corrected chi connectivity index (χ1v) is 9.71. The van der Waals surface area contributed by atoms with Crippen LogP contribution in [0.4, 0.5) is 0 Å². The Morgan fingerprint density at radius 1 is 0.962 bits per heavy atom. The molecular weight excluding hydrogens is 328 g/mol. The van der Waals surface area contributed by atoms with Gasteiger partial charge >= 0.3 is 0 Å². The van der Waals surface area contributed by atoms with E-state index in [1.54, 1.807) is 0 Å². The van der Waals surface area contributed by atoms with Crippen LogP contribution in [0.1, 0.15) is 24.5 Å². The summed E-state index contributed by atoms with van der Waals surface area (Å²) in [6.07, 6.45) is 1.97. The Labute approximate surface area is 156 Å². The molecule has 0 aliphatic carbocycles. The predicted molar refractivity (Wildman–Crippen MR) is 102 cm³/mol. The minimum Gasteiger partial charge on any atom is -0.355 e. The molecule has 1 aromatic rings. The summed E-state index contributed by atoms with van der Waals surface area (Å²) in [5.41, 5.74) is 2.75. The highest BCUT2D eigenvalue weighted by molar-refractivity contribution is 5.79. The van der Waals surface area contributed by atoms with Crippen LogP contribution in [0.5, 0.6) is 0 Å². The quantitative estimate of drug-likeness (QED) is 0.814. The highest BCUT2D eigenvalue weighted by atomic mass is 16.2. The van der Waals surface area contributed by atoms with Crippen molar-refractivity contribution in [2.45, 2.75) is 26.3 Å². The van der Waals surface area contributed by atoms with Crippen LogP contribution in [0.2, 0.25) is 0 Å². The molecule has 2 amide bonds. The maximum atomic E-state index is 12.6. The fourth-order valence-electron chi connectivity index (χ4n) is 3.66. The predicted octanol–water partition coefficient (Wildman–Crippen LogP) is 0.715. The van der Waals surface area contributed by atoms with Gasteiger partial charge in [-0.2, -0.15) is 0 Å². The third-order valence-corrected chi connectivity index (χ3v) is 5.23. The molecule has 6 nitrogen and oxygen atoms in total. The molecule has 6 heteroatoms. The standard InChI is InChI=1S/C20H30N4O2/c1-2-8-21-19(25)15-22-10-12-24(13-11-22)20(26)16-23-9-7-17-5-3-4-6-18(17)14-23/h3-6H,2,7-16H2,1H3,(H,21,25). The van der Waals surface area contributed by atoms with E-state index in [2.05, 4.69) is 39.4 Å². The number of nitrogens with zero attached hydrogens (tertiary/aromatic N) is 3. The lowest BCUT2D eigenvalue weighted by molar-refractivity contribution is -0.134. The number of carbonyl (C=O) groups is 2. The van der Waals surface area contributed by atoms with E-state index in [-0.39, 0.29) is 11.8 Å². The molecule has 0 atom stereocenters. The highest BCUT2D eigenvalue weighted by Gasteiger charge is 2.25. The van der Waals surface area contributed by atoms with Gasteiger partial charge in [-0.1, -0.05) is 31.2 Å². The molecule has 1 N–H and O–H groups in total. The molecule has 1 fully saturated rings. The van der Waals surface area contributed by atoms with Crippen LogP contribution in [-0.4, -0.2) is 78.9 Å². The van der Waals surface area contributed by atoms with Crippen LogP contribution in [0.15, 0.2) is 24.3 Å². The zero-order valence-corrected chi connectivity index (χ0v) is 15.7. The van der Waals surface area contributed by atoms with Crippen LogP contribution in [0.3, 0.4) is 0 Å². The molecule has 3 rings (SSSR count). The van der Waals surface area contributed by atoms with Crippen molar-refractivity contribution in [3.05, 3.63) is 35.4 Å². The number of hydrogen-bond acceptors (Lipinski definition) is 4. The average Bonchev–Trinajstić information content (AvgIpc) is 2.67. The first-order chi connectivity index (χ1) is 12.7. The second-order valence-electron chi connectivity index (χ2n) is 7.24. The Balaban J connectivity index is 1.41. The minimum absolute atomic E-state index is 0.0820. The normalized spacial score (nSPS) is 18.4. The topological polar surface area (TPSA) is 55.9 Å². The third-order valence-electron chi connectivity index (χ3n) is 5.23. The highest BCUT2D eigenvalue weighted by Crippen LogP contribution is 2.18. The van der Waals surface area contributed by atoms with Gasteiger partial charge in [-0.05, 0) is 24.0 Å². The summed E-state index contributed by atoms with van der Waals surface area (Å²) in [7, 11) is 0. The third kappa shape index (κ3) is 5.05. The molecule has 142 valence electrons. The Morgan fingerprint density at radius 2 is 1.69 bits per heavy atom. The van der Waals surface area contributed by atoms with Crippen LogP contribution in [-0.2, 0) is 22.6 Å². The van der Waals surface area contributed by atoms with Gasteiger partial charge in [0.1, 0.15) is 0 Å². The Hall–Kier alpha value is -1.92. The van der Waals surface area contributed by atoms with Crippen LogP contribution in [0.25, 0.3) is 0 Å². The monoisotopic (exact) mass is 358 g/mol. The lowest BCUT2D eigenvalue weighted by atomic mass is 10.00. The number of hydrogen-bond donors (Lipinski definition) is 1. The van der Waals surface area contributed by atoms with Gasteiger partial charge in [-0.15, -0.1) is 0 Å². The first-order valence-electron chi connectivity index (χ1n) is 9.71. The van der Waals surface area contributed by atoms with Gasteiger partial charge in [0, 0.05) is 45.8 Å². The molecule has 0 unspecified atom stereocenters. The van der Waals surface area contributed by atoms with Gasteiger partial charge in [-0.25, -0.2) is 0 Å². The van der Waals surface area contributed by atoms with E-state index >= 15 is 0 Å². The van der Waals surface area contributed by atoms with E-state index in [4.69, 9.17) is 0 Å². The van der Waals surface area contributed by atoms with E-state index in [1.807, 2.05) is 11.8 Å². The zero-order chi connectivity index (χ0) is 18.4. The number of piperazine rings is 1. The second kappa shape index (κ2) is 9.14. The molecule has 26 heavy (non-hydrogen) atoms. The van der Waals surface area contributed by atoms with Gasteiger partial charge in [0.05, 0.1) is 13.1 Å². The van der Waals surface area contributed by atoms with E-state index in [9.17, 15) is 9.59 Å². The Kier molecular flexibility index (Phi) is 6.63. The molecule has 0 bridgehead atoms. The van der Waals surface area contributed by atoms with E-state index in [0.717, 1.165) is 45.6 Å². The molecule has 0 aromatic heterocycles. The molecule has 0 radical (unpaired) electrons. The summed E-state index contributed by atoms with van der Waals surface area (Å²) in [6.45, 7) is 8.48. The second-order valence-corrected chi connectivity index (χ2v) is 7.24. The maximum absolute atomic E-state index is 12.6. The summed E-state index contributed by atoms with van der Waals surface area (Å²) in [4.78, 5) is 30.8. The van der Waals surface area contributed by atoms with Gasteiger partial charge in [0.2, 0.25) is 11.8 Å². The molecule has 1 saturated heterocycles. The number of benzene rings is 1. The summed E-state index contributed by atoms with van der Waals surface area (Å²) >= 11 is 0. The molecule has 2 heterocycles. The number of amides is 2. The van der Waals surface area contributed by atoms with Crippen molar-refractivity contribution in [1.82, 2.24) is 20.0 Å². The number of nitrogens with one attached hydrogen (secondary N) is 1. The smallest absolute Gasteiger partial charge is 0.236 e. The number of carbonyl (C=O) groups excluding carboxylic acids is 2. The average molecular weight is 358 g/mol. The molecule has 0 saturated carbocycles. The summed E-state index contributed by atoms with van der Waals surface area (Å²) < 4.78 is 0. The van der Waals surface area contributed by atoms with Crippen molar-refractivity contribution in [3.63, 3.8) is 0 Å². The fourth-order valence-corrected chi connectivity index (χ4v) is 3.66. The van der Waals surface area contributed by atoms with Crippen molar-refractivity contribution >= 4 is 11.8 Å². The molecule has 2 aliphatic heterocycles. The molecular formula is C20H30N4O2. The summed E-state index contributed by atoms with van der Waals surface area (Å²) in [5, 5.41) is 2.91. The van der Waals surface area contributed by atoms with Crippen molar-refractivity contribution < 1.29 is 9.59 Å². The first kappa shape index (κ1) is 18.9. The van der Waals surface area contributed by atoms with Crippen molar-refractivity contribution in [3.8, 4) is 0 Å². The fraction of sp³-hybridized carbons (Fsp3) is 0.600. The van der Waals surface area contributed by atoms with E-state index in [0.29, 0.717) is 26.2 Å². The van der Waals surface area contributed by atoms with E-state index in [1.165, 1.54) is 11.1 Å². The zero-order valence-electron chi connectivity index (χ0n) is 15.7. The van der Waals surface area contributed by atoms with Crippen molar-refractivity contribution in [1.29, 1.82) is 0 Å². The van der Waals surface area contributed by atoms with Gasteiger partial charge in [-0.3, -0.25) is 19.4 Å².